The molecule has 1 aromatic carbocycles. The van der Waals surface area contributed by atoms with Crippen LogP contribution in [0.3, 0.4) is 0 Å². The van der Waals surface area contributed by atoms with E-state index in [0.717, 1.165) is 24.1 Å². The van der Waals surface area contributed by atoms with Crippen LogP contribution in [0.4, 0.5) is 0 Å². The smallest absolute Gasteiger partial charge is 0.225 e. The number of halogens is 2. The first-order chi connectivity index (χ1) is 10.6. The molecule has 0 saturated heterocycles. The average molecular weight is 341 g/mol. The first kappa shape index (κ1) is 15.6. The van der Waals surface area contributed by atoms with Gasteiger partial charge in [0.15, 0.2) is 6.10 Å². The predicted octanol–water partition coefficient (Wildman–Crippen LogP) is 3.74. The van der Waals surface area contributed by atoms with Gasteiger partial charge in [0.2, 0.25) is 5.91 Å². The summed E-state index contributed by atoms with van der Waals surface area (Å²) < 4.78 is 0. The van der Waals surface area contributed by atoms with E-state index in [1.54, 1.807) is 12.1 Å². The molecule has 0 aromatic heterocycles. The highest BCUT2D eigenvalue weighted by Crippen LogP contribution is 2.31. The highest BCUT2D eigenvalue weighted by atomic mass is 35.5. The Bertz CT molecular complexity index is 614. The van der Waals surface area contributed by atoms with Gasteiger partial charge in [0, 0.05) is 24.4 Å². The maximum Gasteiger partial charge on any atom is 0.225 e. The monoisotopic (exact) mass is 340 g/mol. The number of rotatable bonds is 5. The fourth-order valence-corrected chi connectivity index (χ4v) is 2.88. The number of likely N-dealkylation sites (N-methyl/N-ethyl adjacent to an activating group) is 1. The summed E-state index contributed by atoms with van der Waals surface area (Å²) in [5.41, 5.74) is 1.76. The van der Waals surface area contributed by atoms with E-state index >= 15 is 0 Å². The average Bonchev–Trinajstić information content (AvgIpc) is 3.26. The molecule has 1 fully saturated rings. The number of hydrogen-bond donors (Lipinski definition) is 0. The largest absolute Gasteiger partial charge is 0.390 e. The standard InChI is InChI=1S/C16H18Cl2N2O2/c1-2-20(16(21)10-3-4-10)9-12-8-15(19-22-12)11-5-6-13(17)14(18)7-11/h5-7,10,12H,2-4,8-9H2,1H3/t12-/m0/s1. The van der Waals surface area contributed by atoms with Crippen LogP contribution in [0, 0.1) is 5.92 Å². The maximum absolute atomic E-state index is 12.2. The van der Waals surface area contributed by atoms with Crippen LogP contribution < -0.4 is 0 Å². The van der Waals surface area contributed by atoms with E-state index < -0.39 is 0 Å². The zero-order chi connectivity index (χ0) is 15.7. The van der Waals surface area contributed by atoms with Gasteiger partial charge in [0.1, 0.15) is 0 Å². The Morgan fingerprint density at radius 3 is 2.77 bits per heavy atom. The molecule has 1 atom stereocenters. The molecule has 2 aliphatic rings. The van der Waals surface area contributed by atoms with Crippen LogP contribution in [0.2, 0.25) is 10.0 Å². The van der Waals surface area contributed by atoms with Crippen LogP contribution in [-0.4, -0.2) is 35.7 Å². The molecule has 0 unspecified atom stereocenters. The van der Waals surface area contributed by atoms with Crippen molar-refractivity contribution < 1.29 is 9.63 Å². The number of carbonyl (C=O) groups is 1. The van der Waals surface area contributed by atoms with Crippen molar-refractivity contribution in [2.45, 2.75) is 32.3 Å². The van der Waals surface area contributed by atoms with Gasteiger partial charge in [-0.25, -0.2) is 0 Å². The van der Waals surface area contributed by atoms with Crippen molar-refractivity contribution in [2.24, 2.45) is 11.1 Å². The summed E-state index contributed by atoms with van der Waals surface area (Å²) >= 11 is 12.0. The Labute approximate surface area is 140 Å². The lowest BCUT2D eigenvalue weighted by molar-refractivity contribution is -0.134. The van der Waals surface area contributed by atoms with Gasteiger partial charge in [-0.15, -0.1) is 0 Å². The molecular formula is C16H18Cl2N2O2. The SMILES string of the molecule is CCN(C[C@@H]1CC(c2ccc(Cl)c(Cl)c2)=NO1)C(=O)C1CC1. The van der Waals surface area contributed by atoms with Gasteiger partial charge < -0.3 is 9.74 Å². The third-order valence-corrected chi connectivity index (χ3v) is 4.77. The van der Waals surface area contributed by atoms with Crippen molar-refractivity contribution in [3.8, 4) is 0 Å². The van der Waals surface area contributed by atoms with Crippen LogP contribution in [0.5, 0.6) is 0 Å². The predicted molar refractivity (Wildman–Crippen MR) is 87.5 cm³/mol. The highest BCUT2D eigenvalue weighted by Gasteiger charge is 2.35. The minimum absolute atomic E-state index is 0.0906. The number of hydrogen-bond acceptors (Lipinski definition) is 3. The third kappa shape index (κ3) is 3.39. The second-order valence-electron chi connectivity index (χ2n) is 5.75. The zero-order valence-electron chi connectivity index (χ0n) is 12.4. The number of amides is 1. The number of benzene rings is 1. The minimum atomic E-state index is -0.0906. The fourth-order valence-electron chi connectivity index (χ4n) is 2.58. The Hall–Kier alpha value is -1.26. The Morgan fingerprint density at radius 1 is 1.36 bits per heavy atom. The van der Waals surface area contributed by atoms with Gasteiger partial charge in [0.05, 0.1) is 22.3 Å². The van der Waals surface area contributed by atoms with Gasteiger partial charge >= 0.3 is 0 Å². The Balaban J connectivity index is 1.61. The van der Waals surface area contributed by atoms with Gasteiger partial charge in [-0.1, -0.05) is 34.4 Å². The second kappa shape index (κ2) is 6.47. The van der Waals surface area contributed by atoms with E-state index in [0.29, 0.717) is 29.6 Å². The Kier molecular flexibility index (Phi) is 4.59. The molecule has 118 valence electrons. The normalized spacial score (nSPS) is 20.5. The molecule has 0 bridgehead atoms. The summed E-state index contributed by atoms with van der Waals surface area (Å²) in [6, 6.07) is 5.43. The zero-order valence-corrected chi connectivity index (χ0v) is 13.9. The van der Waals surface area contributed by atoms with Crippen LogP contribution in [0.15, 0.2) is 23.4 Å². The number of carbonyl (C=O) groups excluding carboxylic acids is 1. The molecule has 3 rings (SSSR count). The van der Waals surface area contributed by atoms with Gasteiger partial charge in [0.25, 0.3) is 0 Å². The van der Waals surface area contributed by atoms with Crippen molar-refractivity contribution in [2.75, 3.05) is 13.1 Å². The number of nitrogens with zero attached hydrogens (tertiary/aromatic N) is 2. The lowest BCUT2D eigenvalue weighted by Crippen LogP contribution is -2.38. The fraction of sp³-hybridized carbons (Fsp3) is 0.500. The molecular weight excluding hydrogens is 323 g/mol. The molecule has 0 radical (unpaired) electrons. The summed E-state index contributed by atoms with van der Waals surface area (Å²) in [6.07, 6.45) is 2.62. The van der Waals surface area contributed by atoms with E-state index in [9.17, 15) is 4.79 Å². The van der Waals surface area contributed by atoms with E-state index in [4.69, 9.17) is 28.0 Å². The van der Waals surface area contributed by atoms with E-state index in [1.807, 2.05) is 17.9 Å². The second-order valence-corrected chi connectivity index (χ2v) is 6.56. The number of oxime groups is 1. The molecule has 0 N–H and O–H groups in total. The van der Waals surface area contributed by atoms with Crippen LogP contribution >= 0.6 is 23.2 Å². The summed E-state index contributed by atoms with van der Waals surface area (Å²) in [5, 5.41) is 5.17. The maximum atomic E-state index is 12.2. The van der Waals surface area contributed by atoms with E-state index in [-0.39, 0.29) is 17.9 Å². The quantitative estimate of drug-likeness (QED) is 0.819. The van der Waals surface area contributed by atoms with Crippen LogP contribution in [-0.2, 0) is 9.63 Å². The molecule has 1 heterocycles. The first-order valence-corrected chi connectivity index (χ1v) is 8.31. The van der Waals surface area contributed by atoms with Crippen molar-refractivity contribution in [3.63, 3.8) is 0 Å². The molecule has 1 aliphatic heterocycles. The first-order valence-electron chi connectivity index (χ1n) is 7.55. The molecule has 1 amide bonds. The molecule has 1 aromatic rings. The lowest BCUT2D eigenvalue weighted by atomic mass is 10.0. The highest BCUT2D eigenvalue weighted by molar-refractivity contribution is 6.42. The summed E-state index contributed by atoms with van der Waals surface area (Å²) in [4.78, 5) is 19.5. The molecule has 1 saturated carbocycles. The van der Waals surface area contributed by atoms with Crippen molar-refractivity contribution in [3.05, 3.63) is 33.8 Å². The van der Waals surface area contributed by atoms with Crippen LogP contribution in [0.25, 0.3) is 0 Å². The lowest BCUT2D eigenvalue weighted by Gasteiger charge is -2.23. The van der Waals surface area contributed by atoms with Gasteiger partial charge in [-0.3, -0.25) is 4.79 Å². The van der Waals surface area contributed by atoms with Gasteiger partial charge in [-0.05, 0) is 31.9 Å². The van der Waals surface area contributed by atoms with E-state index in [2.05, 4.69) is 5.16 Å². The summed E-state index contributed by atoms with van der Waals surface area (Å²) in [7, 11) is 0. The Morgan fingerprint density at radius 2 is 2.14 bits per heavy atom. The van der Waals surface area contributed by atoms with Gasteiger partial charge in [-0.2, -0.15) is 0 Å². The summed E-state index contributed by atoms with van der Waals surface area (Å²) in [5.74, 6) is 0.478. The van der Waals surface area contributed by atoms with Crippen molar-refractivity contribution in [1.29, 1.82) is 0 Å². The van der Waals surface area contributed by atoms with E-state index in [1.165, 1.54) is 0 Å². The third-order valence-electron chi connectivity index (χ3n) is 4.03. The molecule has 0 spiro atoms. The molecule has 4 nitrogen and oxygen atoms in total. The molecule has 1 aliphatic carbocycles. The minimum Gasteiger partial charge on any atom is -0.390 e. The topological polar surface area (TPSA) is 41.9 Å². The van der Waals surface area contributed by atoms with Crippen molar-refractivity contribution in [1.82, 2.24) is 4.90 Å². The molecule has 6 heteroatoms. The van der Waals surface area contributed by atoms with Crippen LogP contribution in [0.1, 0.15) is 31.7 Å². The summed E-state index contributed by atoms with van der Waals surface area (Å²) in [6.45, 7) is 3.29. The molecule has 22 heavy (non-hydrogen) atoms. The van der Waals surface area contributed by atoms with Crippen molar-refractivity contribution >= 4 is 34.8 Å².